The Hall–Kier alpha value is -2.01. The van der Waals surface area contributed by atoms with Gasteiger partial charge < -0.3 is 9.47 Å². The molecule has 2 aromatic heterocycles. The lowest BCUT2D eigenvalue weighted by molar-refractivity contribution is 0.208. The van der Waals surface area contributed by atoms with E-state index in [0.29, 0.717) is 19.0 Å². The Morgan fingerprint density at radius 1 is 1.17 bits per heavy atom. The van der Waals surface area contributed by atoms with E-state index in [1.54, 1.807) is 6.20 Å². The number of hydrogen-bond donors (Lipinski definition) is 0. The molecule has 0 atom stereocenters. The van der Waals surface area contributed by atoms with Gasteiger partial charge >= 0.3 is 0 Å². The Bertz CT molecular complexity index is 645. The van der Waals surface area contributed by atoms with E-state index in [0.717, 1.165) is 36.5 Å². The van der Waals surface area contributed by atoms with Gasteiger partial charge in [-0.15, -0.1) is 0 Å². The highest BCUT2D eigenvalue weighted by molar-refractivity contribution is 5.73. The number of fused-ring (bicyclic) bond motifs is 1. The van der Waals surface area contributed by atoms with Crippen molar-refractivity contribution in [2.45, 2.75) is 33.6 Å². The third-order valence-electron chi connectivity index (χ3n) is 3.86. The monoisotopic (exact) mass is 331 g/mol. The molecule has 0 amide bonds. The van der Waals surface area contributed by atoms with Crippen LogP contribution in [0.2, 0.25) is 0 Å². The molecule has 24 heavy (non-hydrogen) atoms. The lowest BCUT2D eigenvalue weighted by atomic mass is 10.2. The maximum atomic E-state index is 5.90. The van der Waals surface area contributed by atoms with Crippen molar-refractivity contribution >= 4 is 11.3 Å². The summed E-state index contributed by atoms with van der Waals surface area (Å²) in [5, 5.41) is 4.37. The van der Waals surface area contributed by atoms with Crippen LogP contribution < -0.4 is 4.74 Å². The molecule has 2 aromatic rings. The second-order valence-corrected chi connectivity index (χ2v) is 5.80. The van der Waals surface area contributed by atoms with Crippen LogP contribution in [-0.4, -0.2) is 47.4 Å². The molecule has 0 bridgehead atoms. The molecule has 0 aliphatic rings. The molecule has 2 heterocycles. The fourth-order valence-electron chi connectivity index (χ4n) is 2.78. The number of hydrogen-bond acceptors (Lipinski definition) is 4. The molecule has 5 heteroatoms. The lowest BCUT2D eigenvalue weighted by Gasteiger charge is -2.20. The molecular formula is C19H29N3O2. The number of aromatic nitrogens is 2. The molecule has 0 saturated heterocycles. The quantitative estimate of drug-likeness (QED) is 0.586. The van der Waals surface area contributed by atoms with Gasteiger partial charge in [0.25, 0.3) is 0 Å². The van der Waals surface area contributed by atoms with Crippen molar-refractivity contribution in [2.75, 3.05) is 32.8 Å². The van der Waals surface area contributed by atoms with Gasteiger partial charge in [0.2, 0.25) is 0 Å². The third-order valence-corrected chi connectivity index (χ3v) is 3.86. The van der Waals surface area contributed by atoms with Crippen LogP contribution in [0, 0.1) is 0 Å². The van der Waals surface area contributed by atoms with Gasteiger partial charge in [-0.25, -0.2) is 4.52 Å². The van der Waals surface area contributed by atoms with Gasteiger partial charge in [-0.05, 0) is 45.0 Å². The van der Waals surface area contributed by atoms with Crippen LogP contribution in [0.1, 0.15) is 39.2 Å². The summed E-state index contributed by atoms with van der Waals surface area (Å²) in [4.78, 5) is 2.44. The fraction of sp³-hybridized carbons (Fsp3) is 0.526. The van der Waals surface area contributed by atoms with Crippen LogP contribution in [0.5, 0.6) is 5.75 Å². The van der Waals surface area contributed by atoms with Crippen molar-refractivity contribution in [1.29, 1.82) is 0 Å². The summed E-state index contributed by atoms with van der Waals surface area (Å²) < 4.78 is 13.2. The Kier molecular flexibility index (Phi) is 7.12. The molecule has 0 aromatic carbocycles. The van der Waals surface area contributed by atoms with Crippen LogP contribution in [-0.2, 0) is 4.74 Å². The number of pyridine rings is 1. The minimum absolute atomic E-state index is 0.601. The van der Waals surface area contributed by atoms with Gasteiger partial charge in [0.05, 0.1) is 30.1 Å². The molecule has 0 fully saturated rings. The van der Waals surface area contributed by atoms with Crippen LogP contribution in [0.4, 0.5) is 0 Å². The highest BCUT2D eigenvalue weighted by Crippen LogP contribution is 2.22. The first-order chi connectivity index (χ1) is 11.7. The van der Waals surface area contributed by atoms with E-state index >= 15 is 0 Å². The molecule has 132 valence electrons. The maximum absolute atomic E-state index is 5.90. The third kappa shape index (κ3) is 4.74. The standard InChI is InChI=1S/C19H29N3O2/c1-5-10-21(11-6-2)12-13-24-17-8-9-19-18(16(4)23-7-3)14-20-22(19)15-17/h8-9,14-15H,4-7,10-13H2,1-3H3. The summed E-state index contributed by atoms with van der Waals surface area (Å²) >= 11 is 0. The zero-order valence-corrected chi connectivity index (χ0v) is 15.1. The summed E-state index contributed by atoms with van der Waals surface area (Å²) in [7, 11) is 0. The highest BCUT2D eigenvalue weighted by atomic mass is 16.5. The first-order valence-electron chi connectivity index (χ1n) is 8.84. The molecule has 0 unspecified atom stereocenters. The van der Waals surface area contributed by atoms with E-state index in [4.69, 9.17) is 9.47 Å². The normalized spacial score (nSPS) is 11.2. The SMILES string of the molecule is C=C(OCC)c1cnn2cc(OCCN(CCC)CCC)ccc12. The topological polar surface area (TPSA) is 39.0 Å². The van der Waals surface area contributed by atoms with E-state index in [1.807, 2.05) is 29.8 Å². The Morgan fingerprint density at radius 3 is 2.58 bits per heavy atom. The minimum atomic E-state index is 0.601. The fourth-order valence-corrected chi connectivity index (χ4v) is 2.78. The molecule has 5 nitrogen and oxygen atoms in total. The van der Waals surface area contributed by atoms with Crippen molar-refractivity contribution < 1.29 is 9.47 Å². The van der Waals surface area contributed by atoms with Crippen LogP contribution in [0.3, 0.4) is 0 Å². The smallest absolute Gasteiger partial charge is 0.137 e. The molecule has 2 rings (SSSR count). The average Bonchev–Trinajstić information content (AvgIpc) is 2.99. The number of rotatable bonds is 11. The van der Waals surface area contributed by atoms with E-state index in [9.17, 15) is 0 Å². The van der Waals surface area contributed by atoms with E-state index in [-0.39, 0.29) is 0 Å². The summed E-state index contributed by atoms with van der Waals surface area (Å²) in [6.45, 7) is 14.8. The summed E-state index contributed by atoms with van der Waals surface area (Å²) in [5.41, 5.74) is 1.89. The van der Waals surface area contributed by atoms with Crippen molar-refractivity contribution in [3.05, 3.63) is 36.7 Å². The molecule has 0 aliphatic heterocycles. The predicted octanol–water partition coefficient (Wildman–Crippen LogP) is 3.84. The molecule has 0 saturated carbocycles. The zero-order chi connectivity index (χ0) is 17.4. The summed E-state index contributed by atoms with van der Waals surface area (Å²) in [6, 6.07) is 3.97. The molecule has 0 aliphatic carbocycles. The van der Waals surface area contributed by atoms with Gasteiger partial charge in [-0.2, -0.15) is 5.10 Å². The van der Waals surface area contributed by atoms with Gasteiger partial charge in [0, 0.05) is 6.54 Å². The maximum Gasteiger partial charge on any atom is 0.137 e. The predicted molar refractivity (Wildman–Crippen MR) is 98.4 cm³/mol. The summed E-state index contributed by atoms with van der Waals surface area (Å²) in [6.07, 6.45) is 6.03. The molecular weight excluding hydrogens is 302 g/mol. The van der Waals surface area contributed by atoms with E-state index in [1.165, 1.54) is 12.8 Å². The number of nitrogens with zero attached hydrogens (tertiary/aromatic N) is 3. The van der Waals surface area contributed by atoms with E-state index in [2.05, 4.69) is 30.4 Å². The largest absolute Gasteiger partial charge is 0.494 e. The van der Waals surface area contributed by atoms with Crippen LogP contribution >= 0.6 is 0 Å². The Labute approximate surface area is 144 Å². The first kappa shape index (κ1) is 18.3. The van der Waals surface area contributed by atoms with Crippen molar-refractivity contribution in [3.8, 4) is 5.75 Å². The van der Waals surface area contributed by atoms with Gasteiger partial charge in [0.15, 0.2) is 0 Å². The van der Waals surface area contributed by atoms with Gasteiger partial charge in [-0.1, -0.05) is 20.4 Å². The molecule has 0 spiro atoms. The molecule has 0 N–H and O–H groups in total. The van der Waals surface area contributed by atoms with Crippen molar-refractivity contribution in [3.63, 3.8) is 0 Å². The second kappa shape index (κ2) is 9.33. The molecule has 0 radical (unpaired) electrons. The Morgan fingerprint density at radius 2 is 1.92 bits per heavy atom. The van der Waals surface area contributed by atoms with Crippen molar-refractivity contribution in [2.24, 2.45) is 0 Å². The van der Waals surface area contributed by atoms with Crippen LogP contribution in [0.15, 0.2) is 31.1 Å². The van der Waals surface area contributed by atoms with E-state index < -0.39 is 0 Å². The van der Waals surface area contributed by atoms with Crippen LogP contribution in [0.25, 0.3) is 11.3 Å². The second-order valence-electron chi connectivity index (χ2n) is 5.80. The minimum Gasteiger partial charge on any atom is -0.494 e. The summed E-state index contributed by atoms with van der Waals surface area (Å²) in [5.74, 6) is 1.48. The highest BCUT2D eigenvalue weighted by Gasteiger charge is 2.09. The number of ether oxygens (including phenoxy) is 2. The lowest BCUT2D eigenvalue weighted by Crippen LogP contribution is -2.30. The zero-order valence-electron chi connectivity index (χ0n) is 15.1. The first-order valence-corrected chi connectivity index (χ1v) is 8.84. The van der Waals surface area contributed by atoms with Gasteiger partial charge in [0.1, 0.15) is 18.1 Å². The average molecular weight is 331 g/mol. The Balaban J connectivity index is 1.97. The van der Waals surface area contributed by atoms with Crippen molar-refractivity contribution in [1.82, 2.24) is 14.5 Å². The van der Waals surface area contributed by atoms with Gasteiger partial charge in [-0.3, -0.25) is 4.90 Å².